The van der Waals surface area contributed by atoms with Gasteiger partial charge in [-0.15, -0.1) is 0 Å². The van der Waals surface area contributed by atoms with E-state index in [1.807, 2.05) is 13.8 Å². The Morgan fingerprint density at radius 3 is 2.74 bits per heavy atom. The summed E-state index contributed by atoms with van der Waals surface area (Å²) in [5.74, 6) is 0.306. The van der Waals surface area contributed by atoms with E-state index in [1.165, 1.54) is 24.7 Å². The van der Waals surface area contributed by atoms with Crippen LogP contribution in [0.1, 0.15) is 35.8 Å². The third-order valence-corrected chi connectivity index (χ3v) is 2.67. The molecule has 2 aromatic rings. The summed E-state index contributed by atoms with van der Waals surface area (Å²) < 4.78 is 0. The molecule has 0 bridgehead atoms. The summed E-state index contributed by atoms with van der Waals surface area (Å²) in [5, 5.41) is 2.95. The van der Waals surface area contributed by atoms with Gasteiger partial charge in [-0.2, -0.15) is 0 Å². The molecule has 1 N–H and O–H groups in total. The molecule has 0 aliphatic rings. The van der Waals surface area contributed by atoms with Gasteiger partial charge in [0.15, 0.2) is 5.82 Å². The van der Waals surface area contributed by atoms with E-state index in [2.05, 4.69) is 20.3 Å². The van der Waals surface area contributed by atoms with Crippen LogP contribution in [0.15, 0.2) is 30.7 Å². The van der Waals surface area contributed by atoms with Gasteiger partial charge in [0.1, 0.15) is 5.15 Å². The summed E-state index contributed by atoms with van der Waals surface area (Å²) in [6.45, 7) is 3.98. The SMILES string of the molecule is CC(C)c1cc(C(=O)Nc2cnccn2)cc(Cl)n1. The van der Waals surface area contributed by atoms with Gasteiger partial charge in [0.2, 0.25) is 0 Å². The molecule has 0 unspecified atom stereocenters. The molecule has 0 spiro atoms. The minimum atomic E-state index is -0.285. The second-order valence-electron chi connectivity index (χ2n) is 4.30. The molecule has 5 nitrogen and oxygen atoms in total. The quantitative estimate of drug-likeness (QED) is 0.875. The molecule has 1 amide bonds. The zero-order valence-electron chi connectivity index (χ0n) is 10.6. The highest BCUT2D eigenvalue weighted by Crippen LogP contribution is 2.18. The lowest BCUT2D eigenvalue weighted by atomic mass is 10.1. The van der Waals surface area contributed by atoms with Crippen molar-refractivity contribution in [3.63, 3.8) is 0 Å². The fourth-order valence-corrected chi connectivity index (χ4v) is 1.71. The largest absolute Gasteiger partial charge is 0.305 e. The van der Waals surface area contributed by atoms with Crippen LogP contribution in [0.2, 0.25) is 5.15 Å². The highest BCUT2D eigenvalue weighted by molar-refractivity contribution is 6.29. The van der Waals surface area contributed by atoms with Crippen molar-refractivity contribution in [3.05, 3.63) is 47.1 Å². The predicted octanol–water partition coefficient (Wildman–Crippen LogP) is 2.90. The third kappa shape index (κ3) is 3.48. The van der Waals surface area contributed by atoms with Gasteiger partial charge >= 0.3 is 0 Å². The van der Waals surface area contributed by atoms with Crippen molar-refractivity contribution in [3.8, 4) is 0 Å². The van der Waals surface area contributed by atoms with E-state index >= 15 is 0 Å². The van der Waals surface area contributed by atoms with Gasteiger partial charge < -0.3 is 5.32 Å². The Bertz CT molecular complexity index is 586. The minimum Gasteiger partial charge on any atom is -0.305 e. The Balaban J connectivity index is 2.24. The number of nitrogens with one attached hydrogen (secondary N) is 1. The van der Waals surface area contributed by atoms with Crippen molar-refractivity contribution in [2.75, 3.05) is 5.32 Å². The first kappa shape index (κ1) is 13.4. The van der Waals surface area contributed by atoms with Crippen LogP contribution in [-0.2, 0) is 0 Å². The zero-order chi connectivity index (χ0) is 13.8. The van der Waals surface area contributed by atoms with Crippen molar-refractivity contribution in [2.45, 2.75) is 19.8 Å². The normalized spacial score (nSPS) is 10.5. The second kappa shape index (κ2) is 5.75. The fraction of sp³-hybridized carbons (Fsp3) is 0.231. The summed E-state index contributed by atoms with van der Waals surface area (Å²) in [7, 11) is 0. The topological polar surface area (TPSA) is 67.8 Å². The highest BCUT2D eigenvalue weighted by atomic mass is 35.5. The number of pyridine rings is 1. The lowest BCUT2D eigenvalue weighted by molar-refractivity contribution is 0.102. The highest BCUT2D eigenvalue weighted by Gasteiger charge is 2.11. The Labute approximate surface area is 116 Å². The average Bonchev–Trinajstić information content (AvgIpc) is 2.39. The van der Waals surface area contributed by atoms with Crippen LogP contribution in [-0.4, -0.2) is 20.9 Å². The second-order valence-corrected chi connectivity index (χ2v) is 4.69. The van der Waals surface area contributed by atoms with Gasteiger partial charge in [0.25, 0.3) is 5.91 Å². The van der Waals surface area contributed by atoms with Gasteiger partial charge in [-0.1, -0.05) is 25.4 Å². The van der Waals surface area contributed by atoms with Crippen LogP contribution in [0.5, 0.6) is 0 Å². The number of halogens is 1. The smallest absolute Gasteiger partial charge is 0.257 e. The monoisotopic (exact) mass is 276 g/mol. The van der Waals surface area contributed by atoms with Crippen LogP contribution < -0.4 is 5.32 Å². The van der Waals surface area contributed by atoms with Gasteiger partial charge in [0.05, 0.1) is 6.20 Å². The van der Waals surface area contributed by atoms with E-state index in [0.717, 1.165) is 5.69 Å². The number of amides is 1. The van der Waals surface area contributed by atoms with E-state index in [0.29, 0.717) is 16.5 Å². The number of aromatic nitrogens is 3. The molecule has 0 saturated carbocycles. The molecule has 0 fully saturated rings. The summed E-state index contributed by atoms with van der Waals surface area (Å²) >= 11 is 5.92. The van der Waals surface area contributed by atoms with Crippen molar-refractivity contribution in [1.29, 1.82) is 0 Å². The summed E-state index contributed by atoms with van der Waals surface area (Å²) in [4.78, 5) is 24.1. The number of carbonyl (C=O) groups is 1. The molecule has 2 aromatic heterocycles. The molecule has 0 atom stereocenters. The Kier molecular flexibility index (Phi) is 4.06. The van der Waals surface area contributed by atoms with Crippen molar-refractivity contribution >= 4 is 23.3 Å². The van der Waals surface area contributed by atoms with Crippen LogP contribution in [0.25, 0.3) is 0 Å². The molecule has 6 heteroatoms. The lowest BCUT2D eigenvalue weighted by Crippen LogP contribution is -2.14. The Hall–Kier alpha value is -2.01. The van der Waals surface area contributed by atoms with Crippen LogP contribution >= 0.6 is 11.6 Å². The number of hydrogen-bond acceptors (Lipinski definition) is 4. The van der Waals surface area contributed by atoms with E-state index in [9.17, 15) is 4.79 Å². The van der Waals surface area contributed by atoms with Crippen molar-refractivity contribution in [2.24, 2.45) is 0 Å². The molecular weight excluding hydrogens is 264 g/mol. The third-order valence-electron chi connectivity index (χ3n) is 2.47. The number of rotatable bonds is 3. The molecule has 2 rings (SSSR count). The van der Waals surface area contributed by atoms with Crippen molar-refractivity contribution < 1.29 is 4.79 Å². The number of carbonyl (C=O) groups excluding carboxylic acids is 1. The van der Waals surface area contributed by atoms with Gasteiger partial charge in [-0.3, -0.25) is 9.78 Å². The van der Waals surface area contributed by atoms with Gasteiger partial charge in [0, 0.05) is 23.7 Å². The fourth-order valence-electron chi connectivity index (χ4n) is 1.50. The molecular formula is C13H13ClN4O. The minimum absolute atomic E-state index is 0.196. The Morgan fingerprint density at radius 1 is 1.32 bits per heavy atom. The van der Waals surface area contributed by atoms with Crippen LogP contribution in [0.3, 0.4) is 0 Å². The molecule has 0 aliphatic carbocycles. The van der Waals surface area contributed by atoms with E-state index < -0.39 is 0 Å². The molecule has 98 valence electrons. The summed E-state index contributed by atoms with van der Waals surface area (Å²) in [5.41, 5.74) is 1.23. The summed E-state index contributed by atoms with van der Waals surface area (Å²) in [6.07, 6.45) is 4.52. The molecule has 0 aliphatic heterocycles. The summed E-state index contributed by atoms with van der Waals surface area (Å²) in [6, 6.07) is 3.25. The maximum Gasteiger partial charge on any atom is 0.257 e. The standard InChI is InChI=1S/C13H13ClN4O/c1-8(2)10-5-9(6-11(14)17-10)13(19)18-12-7-15-3-4-16-12/h3-8H,1-2H3,(H,16,18,19). The maximum atomic E-state index is 12.1. The zero-order valence-corrected chi connectivity index (χ0v) is 11.3. The van der Waals surface area contributed by atoms with Crippen LogP contribution in [0, 0.1) is 0 Å². The first-order valence-corrected chi connectivity index (χ1v) is 6.19. The first-order valence-electron chi connectivity index (χ1n) is 5.81. The maximum absolute atomic E-state index is 12.1. The lowest BCUT2D eigenvalue weighted by Gasteiger charge is -2.08. The van der Waals surface area contributed by atoms with E-state index in [-0.39, 0.29) is 11.8 Å². The van der Waals surface area contributed by atoms with E-state index in [1.54, 1.807) is 6.07 Å². The molecule has 2 heterocycles. The van der Waals surface area contributed by atoms with Gasteiger partial charge in [-0.05, 0) is 18.1 Å². The molecule has 0 saturated heterocycles. The predicted molar refractivity (Wildman–Crippen MR) is 73.3 cm³/mol. The molecule has 19 heavy (non-hydrogen) atoms. The Morgan fingerprint density at radius 2 is 2.11 bits per heavy atom. The first-order chi connectivity index (χ1) is 9.06. The molecule has 0 aromatic carbocycles. The van der Waals surface area contributed by atoms with E-state index in [4.69, 9.17) is 11.6 Å². The molecule has 0 radical (unpaired) electrons. The van der Waals surface area contributed by atoms with Crippen molar-refractivity contribution in [1.82, 2.24) is 15.0 Å². The van der Waals surface area contributed by atoms with Gasteiger partial charge in [-0.25, -0.2) is 9.97 Å². The average molecular weight is 277 g/mol. The number of nitrogens with zero attached hydrogens (tertiary/aromatic N) is 3. The van der Waals surface area contributed by atoms with Crippen LogP contribution in [0.4, 0.5) is 5.82 Å². The number of anilines is 1. The number of hydrogen-bond donors (Lipinski definition) is 1.